The average Bonchev–Trinajstić information content (AvgIpc) is 3.36. The Labute approximate surface area is 180 Å². The standard InChI is InChI=1S/C22H17BrN6O/c1-12(13-2-4-15(23)5-3-13)25-22(30)21-26-18-10-16-17(11-19(18)27-21)28-29-20(16)14-6-8-24-9-7-14/h2-12,28-29H,1H3,(H,25,30). The van der Waals surface area contributed by atoms with Crippen molar-refractivity contribution in [1.29, 1.82) is 0 Å². The second-order valence-electron chi connectivity index (χ2n) is 7.04. The molecule has 0 spiro atoms. The van der Waals surface area contributed by atoms with E-state index in [1.165, 1.54) is 0 Å². The zero-order valence-corrected chi connectivity index (χ0v) is 17.6. The van der Waals surface area contributed by atoms with Gasteiger partial charge in [0.05, 0.1) is 28.3 Å². The Morgan fingerprint density at radius 1 is 1.00 bits per heavy atom. The minimum atomic E-state index is -0.300. The third-order valence-electron chi connectivity index (χ3n) is 5.05. The Kier molecular flexibility index (Phi) is 4.55. The van der Waals surface area contributed by atoms with Crippen LogP contribution in [0.3, 0.4) is 0 Å². The number of carbonyl (C=O) groups is 1. The van der Waals surface area contributed by atoms with Crippen molar-refractivity contribution in [2.24, 2.45) is 0 Å². The molecule has 2 aromatic carbocycles. The molecule has 8 heteroatoms. The van der Waals surface area contributed by atoms with Crippen LogP contribution in [0.4, 0.5) is 0 Å². The number of amides is 1. The van der Waals surface area contributed by atoms with Crippen LogP contribution in [0.2, 0.25) is 0 Å². The van der Waals surface area contributed by atoms with Crippen molar-refractivity contribution >= 4 is 43.8 Å². The minimum absolute atomic E-state index is 0.158. The number of hydrogen-bond donors (Lipinski definition) is 3. The molecule has 148 valence electrons. The van der Waals surface area contributed by atoms with E-state index in [9.17, 15) is 4.79 Å². The Hall–Kier alpha value is -3.52. The molecule has 1 amide bonds. The molecule has 3 N–H and O–H groups in total. The quantitative estimate of drug-likeness (QED) is 0.360. The molecule has 0 aliphatic rings. The molecule has 0 aliphatic heterocycles. The van der Waals surface area contributed by atoms with Crippen LogP contribution in [0.25, 0.3) is 33.2 Å². The number of nitrogens with zero attached hydrogens (tertiary/aromatic N) is 3. The van der Waals surface area contributed by atoms with Gasteiger partial charge in [0.2, 0.25) is 5.82 Å². The van der Waals surface area contributed by atoms with Crippen LogP contribution in [-0.4, -0.2) is 31.1 Å². The molecule has 0 fully saturated rings. The van der Waals surface area contributed by atoms with E-state index in [-0.39, 0.29) is 17.8 Å². The highest BCUT2D eigenvalue weighted by atomic mass is 79.9. The van der Waals surface area contributed by atoms with Gasteiger partial charge < -0.3 is 10.4 Å². The van der Waals surface area contributed by atoms with Crippen LogP contribution in [0.1, 0.15) is 29.1 Å². The molecule has 0 radical (unpaired) electrons. The minimum Gasteiger partial charge on any atom is -0.343 e. The summed E-state index contributed by atoms with van der Waals surface area (Å²) in [6.07, 6.45) is 3.50. The SMILES string of the molecule is CC(NC(=O)c1nc2cc3[nH][nH]c(-c4ccncc4)c3cc2n1)c1ccc(Br)cc1. The third-order valence-corrected chi connectivity index (χ3v) is 5.58. The predicted molar refractivity (Wildman–Crippen MR) is 119 cm³/mol. The van der Waals surface area contributed by atoms with Gasteiger partial charge in [0.15, 0.2) is 0 Å². The highest BCUT2D eigenvalue weighted by Gasteiger charge is 2.18. The molecule has 3 heterocycles. The van der Waals surface area contributed by atoms with Crippen molar-refractivity contribution in [1.82, 2.24) is 30.5 Å². The van der Waals surface area contributed by atoms with Crippen molar-refractivity contribution in [3.63, 3.8) is 0 Å². The lowest BCUT2D eigenvalue weighted by molar-refractivity contribution is 0.0930. The number of halogens is 1. The number of imidazole rings is 1. The number of carbonyl (C=O) groups excluding carboxylic acids is 1. The highest BCUT2D eigenvalue weighted by Crippen LogP contribution is 2.29. The number of hydrogen-bond acceptors (Lipinski definition) is 4. The van der Waals surface area contributed by atoms with Crippen LogP contribution >= 0.6 is 15.9 Å². The zero-order chi connectivity index (χ0) is 20.7. The van der Waals surface area contributed by atoms with Gasteiger partial charge >= 0.3 is 0 Å². The van der Waals surface area contributed by atoms with Crippen molar-refractivity contribution in [2.45, 2.75) is 13.0 Å². The number of pyridine rings is 1. The maximum absolute atomic E-state index is 12.7. The molecule has 3 aromatic heterocycles. The molecule has 0 saturated heterocycles. The summed E-state index contributed by atoms with van der Waals surface area (Å²) >= 11 is 3.42. The van der Waals surface area contributed by atoms with E-state index in [2.05, 4.69) is 46.4 Å². The highest BCUT2D eigenvalue weighted by molar-refractivity contribution is 9.10. The normalized spacial score (nSPS) is 12.3. The van der Waals surface area contributed by atoms with Gasteiger partial charge in [0.1, 0.15) is 0 Å². The number of benzene rings is 2. The Balaban J connectivity index is 1.45. The Bertz CT molecular complexity index is 1360. The monoisotopic (exact) mass is 460 g/mol. The molecule has 0 aliphatic carbocycles. The van der Waals surface area contributed by atoms with E-state index >= 15 is 0 Å². The summed E-state index contributed by atoms with van der Waals surface area (Å²) in [5.41, 5.74) is 5.19. The maximum Gasteiger partial charge on any atom is 0.289 e. The van der Waals surface area contributed by atoms with Gasteiger partial charge in [-0.05, 0) is 48.9 Å². The third kappa shape index (κ3) is 3.35. The molecule has 5 rings (SSSR count). The van der Waals surface area contributed by atoms with Crippen LogP contribution in [0.15, 0.2) is 65.4 Å². The fourth-order valence-electron chi connectivity index (χ4n) is 3.46. The molecule has 0 bridgehead atoms. The number of aromatic amines is 2. The topological polar surface area (TPSA) is 99.3 Å². The summed E-state index contributed by atoms with van der Waals surface area (Å²) in [7, 11) is 0. The van der Waals surface area contributed by atoms with E-state index in [4.69, 9.17) is 0 Å². The molecule has 30 heavy (non-hydrogen) atoms. The molecule has 1 unspecified atom stereocenters. The summed E-state index contributed by atoms with van der Waals surface area (Å²) in [6.45, 7) is 1.93. The van der Waals surface area contributed by atoms with Crippen LogP contribution in [-0.2, 0) is 0 Å². The lowest BCUT2D eigenvalue weighted by Gasteiger charge is -2.13. The second kappa shape index (κ2) is 7.38. The van der Waals surface area contributed by atoms with Gasteiger partial charge in [-0.2, -0.15) is 0 Å². The predicted octanol–water partition coefficient (Wildman–Crippen LogP) is 4.75. The summed E-state index contributed by atoms with van der Waals surface area (Å²) < 4.78 is 0.995. The van der Waals surface area contributed by atoms with Gasteiger partial charge in [-0.1, -0.05) is 28.1 Å². The lowest BCUT2D eigenvalue weighted by atomic mass is 10.1. The first-order valence-corrected chi connectivity index (χ1v) is 10.2. The van der Waals surface area contributed by atoms with Crippen LogP contribution < -0.4 is 5.32 Å². The van der Waals surface area contributed by atoms with Gasteiger partial charge in [-0.25, -0.2) is 9.97 Å². The van der Waals surface area contributed by atoms with Gasteiger partial charge in [0, 0.05) is 27.8 Å². The van der Waals surface area contributed by atoms with Crippen LogP contribution in [0, 0.1) is 0 Å². The fraction of sp³-hybridized carbons (Fsp3) is 0.0909. The lowest BCUT2D eigenvalue weighted by Crippen LogP contribution is -2.27. The molecule has 5 aromatic rings. The molecule has 7 nitrogen and oxygen atoms in total. The second-order valence-corrected chi connectivity index (χ2v) is 7.96. The van der Waals surface area contributed by atoms with Crippen molar-refractivity contribution < 1.29 is 4.79 Å². The van der Waals surface area contributed by atoms with E-state index in [1.807, 2.05) is 55.5 Å². The number of aromatic nitrogens is 5. The molecule has 0 saturated carbocycles. The summed E-state index contributed by atoms with van der Waals surface area (Å²) in [4.78, 5) is 25.7. The van der Waals surface area contributed by atoms with E-state index in [0.717, 1.165) is 32.2 Å². The number of H-pyrrole nitrogens is 2. The Morgan fingerprint density at radius 3 is 2.43 bits per heavy atom. The fourth-order valence-corrected chi connectivity index (χ4v) is 3.72. The van der Waals surface area contributed by atoms with Gasteiger partial charge in [-0.15, -0.1) is 0 Å². The first-order valence-electron chi connectivity index (χ1n) is 9.43. The maximum atomic E-state index is 12.7. The zero-order valence-electron chi connectivity index (χ0n) is 16.0. The largest absolute Gasteiger partial charge is 0.343 e. The summed E-state index contributed by atoms with van der Waals surface area (Å²) in [5.74, 6) is -0.137. The van der Waals surface area contributed by atoms with Crippen molar-refractivity contribution in [2.75, 3.05) is 0 Å². The molecule has 1 atom stereocenters. The van der Waals surface area contributed by atoms with Gasteiger partial charge in [0.25, 0.3) is 5.91 Å². The first-order chi connectivity index (χ1) is 14.6. The smallest absolute Gasteiger partial charge is 0.289 e. The number of fused-ring (bicyclic) bond motifs is 2. The van der Waals surface area contributed by atoms with E-state index in [0.29, 0.717) is 11.0 Å². The Morgan fingerprint density at radius 2 is 1.70 bits per heavy atom. The van der Waals surface area contributed by atoms with E-state index < -0.39 is 0 Å². The molecular formula is C22H17BrN6O. The molecular weight excluding hydrogens is 444 g/mol. The van der Waals surface area contributed by atoms with Gasteiger partial charge in [-0.3, -0.25) is 14.9 Å². The van der Waals surface area contributed by atoms with Crippen molar-refractivity contribution in [3.05, 3.63) is 76.8 Å². The summed E-state index contributed by atoms with van der Waals surface area (Å²) in [5, 5.41) is 10.3. The summed E-state index contributed by atoms with van der Waals surface area (Å²) in [6, 6.07) is 15.4. The van der Waals surface area contributed by atoms with E-state index in [1.54, 1.807) is 12.4 Å². The average molecular weight is 461 g/mol. The van der Waals surface area contributed by atoms with Crippen LogP contribution in [0.5, 0.6) is 0 Å². The number of nitrogens with one attached hydrogen (secondary N) is 3. The number of rotatable bonds is 4. The van der Waals surface area contributed by atoms with Crippen molar-refractivity contribution in [3.8, 4) is 11.3 Å². The first kappa shape index (κ1) is 18.5.